The summed E-state index contributed by atoms with van der Waals surface area (Å²) in [5.41, 5.74) is 6.27. The van der Waals surface area contributed by atoms with Crippen LogP contribution < -0.4 is 0 Å². The summed E-state index contributed by atoms with van der Waals surface area (Å²) in [6, 6.07) is 14.1. The molecular formula is C18H16N6S. The van der Waals surface area contributed by atoms with Gasteiger partial charge in [-0.05, 0) is 32.0 Å². The normalized spacial score (nSPS) is 11.0. The number of aryl methyl sites for hydroxylation is 2. The maximum Gasteiger partial charge on any atom is 0.139 e. The molecule has 0 aliphatic heterocycles. The number of hydrogen-bond donors (Lipinski definition) is 0. The van der Waals surface area contributed by atoms with Crippen molar-refractivity contribution in [2.45, 2.75) is 20.4 Å². The molecule has 0 aliphatic carbocycles. The summed E-state index contributed by atoms with van der Waals surface area (Å²) in [6.07, 6.45) is 1.77. The molecular weight excluding hydrogens is 332 g/mol. The Morgan fingerprint density at radius 3 is 2.52 bits per heavy atom. The van der Waals surface area contributed by atoms with Gasteiger partial charge in [-0.15, -0.1) is 0 Å². The molecule has 124 valence electrons. The molecule has 0 radical (unpaired) electrons. The maximum atomic E-state index is 4.66. The van der Waals surface area contributed by atoms with Crippen LogP contribution in [0.5, 0.6) is 0 Å². The molecule has 7 heteroatoms. The summed E-state index contributed by atoms with van der Waals surface area (Å²) in [7, 11) is 0. The van der Waals surface area contributed by atoms with Gasteiger partial charge in [0.1, 0.15) is 17.1 Å². The van der Waals surface area contributed by atoms with Crippen LogP contribution in [0.3, 0.4) is 0 Å². The molecule has 4 rings (SSSR count). The number of rotatable bonds is 4. The number of pyridine rings is 1. The van der Waals surface area contributed by atoms with Crippen LogP contribution >= 0.6 is 11.7 Å². The third kappa shape index (κ3) is 3.06. The van der Waals surface area contributed by atoms with E-state index in [9.17, 15) is 0 Å². The van der Waals surface area contributed by atoms with Crippen molar-refractivity contribution in [3.05, 3.63) is 54.4 Å². The van der Waals surface area contributed by atoms with Crippen LogP contribution in [-0.2, 0) is 6.54 Å². The van der Waals surface area contributed by atoms with Crippen molar-refractivity contribution in [1.29, 1.82) is 0 Å². The van der Waals surface area contributed by atoms with E-state index in [2.05, 4.69) is 30.0 Å². The topological polar surface area (TPSA) is 69.4 Å². The molecule has 4 aromatic rings. The average Bonchev–Trinajstić information content (AvgIpc) is 3.32. The molecule has 1 aromatic carbocycles. The minimum atomic E-state index is 0.703. The predicted octanol–water partition coefficient (Wildman–Crippen LogP) is 3.85. The zero-order chi connectivity index (χ0) is 17.2. The lowest BCUT2D eigenvalue weighted by Crippen LogP contribution is -1.98. The summed E-state index contributed by atoms with van der Waals surface area (Å²) in [5, 5.41) is 9.29. The van der Waals surface area contributed by atoms with Gasteiger partial charge in [0.2, 0.25) is 0 Å². The van der Waals surface area contributed by atoms with Crippen LogP contribution in [0.4, 0.5) is 0 Å². The molecule has 0 bridgehead atoms. The number of benzene rings is 1. The lowest BCUT2D eigenvalue weighted by molar-refractivity contribution is 0.572. The number of aromatic nitrogens is 6. The lowest BCUT2D eigenvalue weighted by atomic mass is 10.0. The van der Waals surface area contributed by atoms with E-state index in [1.807, 2.05) is 50.2 Å². The van der Waals surface area contributed by atoms with Crippen LogP contribution in [0.2, 0.25) is 0 Å². The largest absolute Gasteiger partial charge is 0.251 e. The molecule has 0 saturated carbocycles. The van der Waals surface area contributed by atoms with E-state index in [1.54, 1.807) is 11.0 Å². The first-order valence-corrected chi connectivity index (χ1v) is 8.75. The molecule has 0 amide bonds. The van der Waals surface area contributed by atoms with Crippen LogP contribution in [0, 0.1) is 6.92 Å². The van der Waals surface area contributed by atoms with Gasteiger partial charge in [-0.1, -0.05) is 24.3 Å². The Morgan fingerprint density at radius 1 is 0.960 bits per heavy atom. The summed E-state index contributed by atoms with van der Waals surface area (Å²) >= 11 is 1.20. The minimum Gasteiger partial charge on any atom is -0.251 e. The highest BCUT2D eigenvalue weighted by Gasteiger charge is 2.17. The highest BCUT2D eigenvalue weighted by Crippen LogP contribution is 2.30. The molecule has 3 heterocycles. The highest BCUT2D eigenvalue weighted by atomic mass is 32.1. The van der Waals surface area contributed by atoms with E-state index in [1.165, 1.54) is 11.7 Å². The Morgan fingerprint density at radius 2 is 1.76 bits per heavy atom. The Bertz CT molecular complexity index is 1010. The van der Waals surface area contributed by atoms with Gasteiger partial charge >= 0.3 is 0 Å². The zero-order valence-electron chi connectivity index (χ0n) is 13.9. The molecule has 0 N–H and O–H groups in total. The Labute approximate surface area is 149 Å². The highest BCUT2D eigenvalue weighted by molar-refractivity contribution is 6.99. The van der Waals surface area contributed by atoms with Gasteiger partial charge in [-0.25, -0.2) is 0 Å². The quantitative estimate of drug-likeness (QED) is 0.560. The van der Waals surface area contributed by atoms with Crippen molar-refractivity contribution in [3.63, 3.8) is 0 Å². The van der Waals surface area contributed by atoms with Gasteiger partial charge in [0.25, 0.3) is 0 Å². The third-order valence-corrected chi connectivity index (χ3v) is 4.34. The van der Waals surface area contributed by atoms with Gasteiger partial charge in [-0.2, -0.15) is 23.7 Å². The van der Waals surface area contributed by atoms with Crippen LogP contribution in [-0.4, -0.2) is 28.7 Å². The second kappa shape index (κ2) is 6.52. The average molecular weight is 348 g/mol. The predicted molar refractivity (Wildman–Crippen MR) is 98.0 cm³/mol. The fraction of sp³-hybridized carbons (Fsp3) is 0.167. The van der Waals surface area contributed by atoms with E-state index in [4.69, 9.17) is 0 Å². The minimum absolute atomic E-state index is 0.703. The standard InChI is InChI=1S/C18H16N6S/c1-3-24-21-17(18(22-24)15-9-4-6-12(2)20-15)14-8-5-7-13(10-14)16-11-19-25-23-16/h4-11H,3H2,1-2H3. The SMILES string of the molecule is CCn1nc(-c2cccc(-c3cnsn3)c2)c(-c2cccc(C)n2)n1. The molecule has 0 fully saturated rings. The van der Waals surface area contributed by atoms with Crippen molar-refractivity contribution in [1.82, 2.24) is 28.7 Å². The van der Waals surface area contributed by atoms with E-state index in [0.29, 0.717) is 6.54 Å². The summed E-state index contributed by atoms with van der Waals surface area (Å²) in [6.45, 7) is 4.70. The van der Waals surface area contributed by atoms with Crippen LogP contribution in [0.15, 0.2) is 48.7 Å². The molecule has 25 heavy (non-hydrogen) atoms. The third-order valence-electron chi connectivity index (χ3n) is 3.86. The summed E-state index contributed by atoms with van der Waals surface area (Å²) in [5.74, 6) is 0. The monoisotopic (exact) mass is 348 g/mol. The van der Waals surface area contributed by atoms with Crippen molar-refractivity contribution < 1.29 is 0 Å². The second-order valence-corrected chi connectivity index (χ2v) is 6.18. The summed E-state index contributed by atoms with van der Waals surface area (Å²) in [4.78, 5) is 6.31. The lowest BCUT2D eigenvalue weighted by Gasteiger charge is -2.03. The number of hydrogen-bond acceptors (Lipinski definition) is 6. The fourth-order valence-corrected chi connectivity index (χ4v) is 3.08. The molecule has 0 atom stereocenters. The van der Waals surface area contributed by atoms with Gasteiger partial charge in [-0.3, -0.25) is 4.98 Å². The maximum absolute atomic E-state index is 4.66. The van der Waals surface area contributed by atoms with E-state index < -0.39 is 0 Å². The van der Waals surface area contributed by atoms with Gasteiger partial charge in [0.15, 0.2) is 0 Å². The smallest absolute Gasteiger partial charge is 0.139 e. The van der Waals surface area contributed by atoms with E-state index in [0.717, 1.165) is 39.6 Å². The van der Waals surface area contributed by atoms with Crippen molar-refractivity contribution in [3.8, 4) is 33.9 Å². The fourth-order valence-electron chi connectivity index (χ4n) is 2.65. The first-order chi connectivity index (χ1) is 12.2. The molecule has 0 aliphatic rings. The van der Waals surface area contributed by atoms with Crippen LogP contribution in [0.1, 0.15) is 12.6 Å². The first kappa shape index (κ1) is 15.6. The van der Waals surface area contributed by atoms with Crippen molar-refractivity contribution in [2.75, 3.05) is 0 Å². The van der Waals surface area contributed by atoms with Gasteiger partial charge in [0, 0.05) is 16.8 Å². The second-order valence-electron chi connectivity index (χ2n) is 5.62. The Balaban J connectivity index is 1.86. The first-order valence-electron chi connectivity index (χ1n) is 8.02. The van der Waals surface area contributed by atoms with E-state index in [-0.39, 0.29) is 0 Å². The van der Waals surface area contributed by atoms with Gasteiger partial charge in [0.05, 0.1) is 30.2 Å². The van der Waals surface area contributed by atoms with E-state index >= 15 is 0 Å². The molecule has 0 unspecified atom stereocenters. The molecule has 0 spiro atoms. The molecule has 6 nitrogen and oxygen atoms in total. The van der Waals surface area contributed by atoms with Gasteiger partial charge < -0.3 is 0 Å². The van der Waals surface area contributed by atoms with Crippen molar-refractivity contribution in [2.24, 2.45) is 0 Å². The van der Waals surface area contributed by atoms with Crippen LogP contribution in [0.25, 0.3) is 33.9 Å². The molecule has 0 saturated heterocycles. The number of nitrogens with zero attached hydrogens (tertiary/aromatic N) is 6. The van der Waals surface area contributed by atoms with Crippen molar-refractivity contribution >= 4 is 11.7 Å². The Kier molecular flexibility index (Phi) is 4.07. The summed E-state index contributed by atoms with van der Waals surface area (Å²) < 4.78 is 8.39. The molecule has 3 aromatic heterocycles. The zero-order valence-corrected chi connectivity index (χ0v) is 14.7. The Hall–Kier alpha value is -2.93.